The average molecular weight is 276 g/mol. The van der Waals surface area contributed by atoms with Gasteiger partial charge in [-0.2, -0.15) is 0 Å². The zero-order chi connectivity index (χ0) is 14.5. The van der Waals surface area contributed by atoms with Crippen LogP contribution in [0.4, 0.5) is 0 Å². The Morgan fingerprint density at radius 2 is 1.95 bits per heavy atom. The van der Waals surface area contributed by atoms with E-state index in [9.17, 15) is 14.4 Å². The van der Waals surface area contributed by atoms with Crippen molar-refractivity contribution < 1.29 is 19.5 Å². The lowest BCUT2D eigenvalue weighted by molar-refractivity contribution is -0.147. The van der Waals surface area contributed by atoms with Crippen LogP contribution in [-0.2, 0) is 9.59 Å². The molecule has 0 radical (unpaired) electrons. The Morgan fingerprint density at radius 1 is 1.25 bits per heavy atom. The second-order valence-corrected chi connectivity index (χ2v) is 4.63. The SMILES string of the molecule is O=C(NCC(=O)N1CCC[C@@H]1C(=O)O)c1ccccc1. The van der Waals surface area contributed by atoms with E-state index < -0.39 is 12.0 Å². The molecule has 0 bridgehead atoms. The molecular formula is C14H16N2O4. The minimum atomic E-state index is -0.995. The second-order valence-electron chi connectivity index (χ2n) is 4.63. The first kappa shape index (κ1) is 14.0. The third-order valence-electron chi connectivity index (χ3n) is 3.29. The Kier molecular flexibility index (Phi) is 4.34. The highest BCUT2D eigenvalue weighted by atomic mass is 16.4. The molecule has 1 aromatic rings. The van der Waals surface area contributed by atoms with E-state index in [1.165, 1.54) is 4.90 Å². The molecule has 2 N–H and O–H groups in total. The number of benzene rings is 1. The topological polar surface area (TPSA) is 86.7 Å². The number of nitrogens with one attached hydrogen (secondary N) is 1. The fourth-order valence-electron chi connectivity index (χ4n) is 2.27. The quantitative estimate of drug-likeness (QED) is 0.838. The molecule has 1 aliphatic heterocycles. The Morgan fingerprint density at radius 3 is 2.60 bits per heavy atom. The maximum Gasteiger partial charge on any atom is 0.326 e. The van der Waals surface area contributed by atoms with Crippen LogP contribution in [0, 0.1) is 0 Å². The standard InChI is InChI=1S/C14H16N2O4/c17-12(16-8-4-7-11(16)14(19)20)9-15-13(18)10-5-2-1-3-6-10/h1-3,5-6,11H,4,7-9H2,(H,15,18)(H,19,20)/t11-/m1/s1. The summed E-state index contributed by atoms with van der Waals surface area (Å²) in [7, 11) is 0. The number of carbonyl (C=O) groups excluding carboxylic acids is 2. The van der Waals surface area contributed by atoms with E-state index in [-0.39, 0.29) is 18.4 Å². The fraction of sp³-hybridized carbons (Fsp3) is 0.357. The van der Waals surface area contributed by atoms with E-state index in [4.69, 9.17) is 5.11 Å². The van der Waals surface area contributed by atoms with E-state index >= 15 is 0 Å². The van der Waals surface area contributed by atoms with Gasteiger partial charge in [0.2, 0.25) is 5.91 Å². The molecule has 1 aromatic carbocycles. The number of carboxylic acid groups (broad SMARTS) is 1. The van der Waals surface area contributed by atoms with E-state index in [0.717, 1.165) is 0 Å². The highest BCUT2D eigenvalue weighted by Crippen LogP contribution is 2.17. The highest BCUT2D eigenvalue weighted by Gasteiger charge is 2.33. The van der Waals surface area contributed by atoms with Crippen molar-refractivity contribution in [2.45, 2.75) is 18.9 Å². The van der Waals surface area contributed by atoms with Crippen LogP contribution in [0.1, 0.15) is 23.2 Å². The van der Waals surface area contributed by atoms with Crippen LogP contribution in [0.25, 0.3) is 0 Å². The maximum atomic E-state index is 11.9. The molecule has 0 aliphatic carbocycles. The largest absolute Gasteiger partial charge is 0.480 e. The summed E-state index contributed by atoms with van der Waals surface area (Å²) in [6, 6.07) is 7.79. The molecular weight excluding hydrogens is 260 g/mol. The summed E-state index contributed by atoms with van der Waals surface area (Å²) in [5.74, 6) is -1.70. The summed E-state index contributed by atoms with van der Waals surface area (Å²) in [5, 5.41) is 11.5. The minimum Gasteiger partial charge on any atom is -0.480 e. The van der Waals surface area contributed by atoms with Crippen molar-refractivity contribution in [3.8, 4) is 0 Å². The van der Waals surface area contributed by atoms with Crippen LogP contribution >= 0.6 is 0 Å². The second kappa shape index (κ2) is 6.18. The number of aliphatic carboxylic acids is 1. The van der Waals surface area contributed by atoms with Crippen LogP contribution in [0.3, 0.4) is 0 Å². The highest BCUT2D eigenvalue weighted by molar-refractivity contribution is 5.96. The Bertz CT molecular complexity index is 515. The fourth-order valence-corrected chi connectivity index (χ4v) is 2.27. The van der Waals surface area contributed by atoms with Gasteiger partial charge in [-0.05, 0) is 25.0 Å². The minimum absolute atomic E-state index is 0.183. The van der Waals surface area contributed by atoms with Gasteiger partial charge in [0.1, 0.15) is 6.04 Å². The zero-order valence-electron chi connectivity index (χ0n) is 10.9. The number of rotatable bonds is 4. The molecule has 1 aliphatic rings. The van der Waals surface area contributed by atoms with Crippen molar-refractivity contribution >= 4 is 17.8 Å². The molecule has 6 heteroatoms. The molecule has 0 unspecified atom stereocenters. The van der Waals surface area contributed by atoms with Crippen molar-refractivity contribution in [1.82, 2.24) is 10.2 Å². The van der Waals surface area contributed by atoms with Gasteiger partial charge in [-0.15, -0.1) is 0 Å². The third-order valence-corrected chi connectivity index (χ3v) is 3.29. The first-order valence-corrected chi connectivity index (χ1v) is 6.45. The van der Waals surface area contributed by atoms with Gasteiger partial charge in [0, 0.05) is 12.1 Å². The molecule has 20 heavy (non-hydrogen) atoms. The molecule has 2 amide bonds. The lowest BCUT2D eigenvalue weighted by Crippen LogP contribution is -2.45. The lowest BCUT2D eigenvalue weighted by atomic mass is 10.2. The van der Waals surface area contributed by atoms with Crippen LogP contribution in [0.2, 0.25) is 0 Å². The molecule has 1 fully saturated rings. The number of amides is 2. The number of carbonyl (C=O) groups is 3. The normalized spacial score (nSPS) is 17.8. The van der Waals surface area contributed by atoms with E-state index in [2.05, 4.69) is 5.32 Å². The van der Waals surface area contributed by atoms with Gasteiger partial charge in [0.15, 0.2) is 0 Å². The molecule has 0 aromatic heterocycles. The van der Waals surface area contributed by atoms with E-state index in [1.54, 1.807) is 30.3 Å². The molecule has 0 saturated carbocycles. The van der Waals surface area contributed by atoms with Gasteiger partial charge < -0.3 is 15.3 Å². The summed E-state index contributed by atoms with van der Waals surface area (Å²) < 4.78 is 0. The third kappa shape index (κ3) is 3.14. The van der Waals surface area contributed by atoms with Gasteiger partial charge in [0.05, 0.1) is 6.54 Å². The van der Waals surface area contributed by atoms with Crippen molar-refractivity contribution in [3.63, 3.8) is 0 Å². The predicted octanol–water partition coefficient (Wildman–Crippen LogP) is 0.492. The first-order chi connectivity index (χ1) is 9.59. The number of hydrogen-bond acceptors (Lipinski definition) is 3. The first-order valence-electron chi connectivity index (χ1n) is 6.45. The summed E-state index contributed by atoms with van der Waals surface area (Å²) in [6.45, 7) is 0.245. The monoisotopic (exact) mass is 276 g/mol. The molecule has 6 nitrogen and oxygen atoms in total. The molecule has 1 heterocycles. The number of nitrogens with zero attached hydrogens (tertiary/aromatic N) is 1. The van der Waals surface area contributed by atoms with Crippen LogP contribution in [-0.4, -0.2) is 46.9 Å². The van der Waals surface area contributed by atoms with Gasteiger partial charge in [-0.1, -0.05) is 18.2 Å². The summed E-state index contributed by atoms with van der Waals surface area (Å²) in [4.78, 5) is 36.0. The van der Waals surface area contributed by atoms with Crippen LogP contribution < -0.4 is 5.32 Å². The van der Waals surface area contributed by atoms with E-state index in [1.807, 2.05) is 0 Å². The van der Waals surface area contributed by atoms with Crippen LogP contribution in [0.15, 0.2) is 30.3 Å². The number of hydrogen-bond donors (Lipinski definition) is 2. The van der Waals surface area contributed by atoms with Gasteiger partial charge >= 0.3 is 5.97 Å². The number of carboxylic acids is 1. The van der Waals surface area contributed by atoms with Gasteiger partial charge in [0.25, 0.3) is 5.91 Å². The zero-order valence-corrected chi connectivity index (χ0v) is 10.9. The van der Waals surface area contributed by atoms with Crippen molar-refractivity contribution in [1.29, 1.82) is 0 Å². The Hall–Kier alpha value is -2.37. The van der Waals surface area contributed by atoms with Crippen LogP contribution in [0.5, 0.6) is 0 Å². The molecule has 1 atom stereocenters. The lowest BCUT2D eigenvalue weighted by Gasteiger charge is -2.21. The number of likely N-dealkylation sites (tertiary alicyclic amines) is 1. The molecule has 1 saturated heterocycles. The Balaban J connectivity index is 1.89. The van der Waals surface area contributed by atoms with Gasteiger partial charge in [-0.25, -0.2) is 4.79 Å². The van der Waals surface area contributed by atoms with Crippen molar-refractivity contribution in [2.75, 3.05) is 13.1 Å². The van der Waals surface area contributed by atoms with Crippen molar-refractivity contribution in [2.24, 2.45) is 0 Å². The summed E-state index contributed by atoms with van der Waals surface area (Å²) in [6.07, 6.45) is 1.14. The maximum absolute atomic E-state index is 11.9. The average Bonchev–Trinajstić information content (AvgIpc) is 2.95. The molecule has 106 valence electrons. The predicted molar refractivity (Wildman–Crippen MR) is 71.1 cm³/mol. The summed E-state index contributed by atoms with van der Waals surface area (Å²) >= 11 is 0. The van der Waals surface area contributed by atoms with E-state index in [0.29, 0.717) is 24.9 Å². The summed E-state index contributed by atoms with van der Waals surface area (Å²) in [5.41, 5.74) is 0.469. The molecule has 2 rings (SSSR count). The smallest absolute Gasteiger partial charge is 0.326 e. The van der Waals surface area contributed by atoms with Gasteiger partial charge in [-0.3, -0.25) is 9.59 Å². The Labute approximate surface area is 116 Å². The molecule has 0 spiro atoms. The van der Waals surface area contributed by atoms with Crippen molar-refractivity contribution in [3.05, 3.63) is 35.9 Å².